The number of hydrogen-bond acceptors (Lipinski definition) is 3. The van der Waals surface area contributed by atoms with Gasteiger partial charge in [0.2, 0.25) is 5.91 Å². The van der Waals surface area contributed by atoms with Crippen LogP contribution in [-0.4, -0.2) is 61.6 Å². The SMILES string of the molecule is O=C(C1CCC1)N1CCCC(CN2CCOCC2)CC1. The van der Waals surface area contributed by atoms with Gasteiger partial charge in [-0.2, -0.15) is 0 Å². The molecule has 3 rings (SSSR count). The molecule has 0 bridgehead atoms. The van der Waals surface area contributed by atoms with Gasteiger partial charge in [-0.15, -0.1) is 0 Å². The summed E-state index contributed by atoms with van der Waals surface area (Å²) >= 11 is 0. The van der Waals surface area contributed by atoms with Crippen molar-refractivity contribution in [3.63, 3.8) is 0 Å². The summed E-state index contributed by atoms with van der Waals surface area (Å²) in [5.41, 5.74) is 0. The van der Waals surface area contributed by atoms with Crippen molar-refractivity contribution < 1.29 is 9.53 Å². The molecule has 20 heavy (non-hydrogen) atoms. The highest BCUT2D eigenvalue weighted by Crippen LogP contribution is 2.29. The number of rotatable bonds is 3. The van der Waals surface area contributed by atoms with Gasteiger partial charge in [0.05, 0.1) is 13.2 Å². The maximum atomic E-state index is 12.3. The van der Waals surface area contributed by atoms with E-state index in [0.717, 1.165) is 58.2 Å². The van der Waals surface area contributed by atoms with Gasteiger partial charge >= 0.3 is 0 Å². The molecule has 0 spiro atoms. The highest BCUT2D eigenvalue weighted by Gasteiger charge is 2.30. The zero-order chi connectivity index (χ0) is 13.8. The number of nitrogens with zero attached hydrogens (tertiary/aromatic N) is 2. The molecule has 0 aromatic rings. The summed E-state index contributed by atoms with van der Waals surface area (Å²) in [7, 11) is 0. The van der Waals surface area contributed by atoms with Crippen LogP contribution in [0.1, 0.15) is 38.5 Å². The van der Waals surface area contributed by atoms with Crippen molar-refractivity contribution >= 4 is 5.91 Å². The summed E-state index contributed by atoms with van der Waals surface area (Å²) in [6.45, 7) is 7.13. The van der Waals surface area contributed by atoms with Crippen LogP contribution in [0.2, 0.25) is 0 Å². The standard InChI is InChI=1S/C16H28N2O2/c19-16(15-4-1-5-15)18-7-2-3-14(6-8-18)13-17-9-11-20-12-10-17/h14-15H,1-13H2. The number of amides is 1. The van der Waals surface area contributed by atoms with Gasteiger partial charge in [0.25, 0.3) is 0 Å². The minimum absolute atomic E-state index is 0.366. The van der Waals surface area contributed by atoms with E-state index in [0.29, 0.717) is 11.8 Å². The highest BCUT2D eigenvalue weighted by molar-refractivity contribution is 5.79. The average Bonchev–Trinajstić information content (AvgIpc) is 2.63. The smallest absolute Gasteiger partial charge is 0.225 e. The zero-order valence-corrected chi connectivity index (χ0v) is 12.6. The summed E-state index contributed by atoms with van der Waals surface area (Å²) in [5.74, 6) is 1.58. The monoisotopic (exact) mass is 280 g/mol. The second kappa shape index (κ2) is 6.90. The van der Waals surface area contributed by atoms with Gasteiger partial charge in [0.15, 0.2) is 0 Å². The molecule has 3 aliphatic rings. The molecular formula is C16H28N2O2. The normalized spacial score (nSPS) is 29.8. The predicted octanol–water partition coefficient (Wildman–Crippen LogP) is 1.75. The van der Waals surface area contributed by atoms with Crippen molar-refractivity contribution in [1.82, 2.24) is 9.80 Å². The van der Waals surface area contributed by atoms with Crippen LogP contribution in [0.4, 0.5) is 0 Å². The predicted molar refractivity (Wildman–Crippen MR) is 78.5 cm³/mol. The molecule has 1 saturated carbocycles. The molecule has 0 N–H and O–H groups in total. The molecule has 4 nitrogen and oxygen atoms in total. The van der Waals surface area contributed by atoms with Crippen molar-refractivity contribution in [1.29, 1.82) is 0 Å². The Morgan fingerprint density at radius 2 is 1.75 bits per heavy atom. The fourth-order valence-electron chi connectivity index (χ4n) is 3.63. The number of carbonyl (C=O) groups is 1. The van der Waals surface area contributed by atoms with Crippen molar-refractivity contribution in [3.05, 3.63) is 0 Å². The van der Waals surface area contributed by atoms with Crippen molar-refractivity contribution in [2.75, 3.05) is 45.9 Å². The van der Waals surface area contributed by atoms with Crippen LogP contribution >= 0.6 is 0 Å². The molecule has 1 amide bonds. The van der Waals surface area contributed by atoms with E-state index < -0.39 is 0 Å². The molecule has 0 aromatic carbocycles. The Bertz CT molecular complexity index is 324. The lowest BCUT2D eigenvalue weighted by Gasteiger charge is -2.31. The lowest BCUT2D eigenvalue weighted by Crippen LogP contribution is -2.40. The third-order valence-corrected chi connectivity index (χ3v) is 5.23. The minimum atomic E-state index is 0.366. The molecular weight excluding hydrogens is 252 g/mol. The molecule has 3 fully saturated rings. The fourth-order valence-corrected chi connectivity index (χ4v) is 3.63. The summed E-state index contributed by atoms with van der Waals surface area (Å²) in [4.78, 5) is 17.0. The maximum absolute atomic E-state index is 12.3. The van der Waals surface area contributed by atoms with E-state index in [1.165, 1.54) is 32.2 Å². The number of ether oxygens (including phenoxy) is 1. The van der Waals surface area contributed by atoms with Gasteiger partial charge in [0.1, 0.15) is 0 Å². The Labute approximate surface area is 122 Å². The first-order valence-electron chi connectivity index (χ1n) is 8.42. The topological polar surface area (TPSA) is 32.8 Å². The van der Waals surface area contributed by atoms with Gasteiger partial charge < -0.3 is 9.64 Å². The van der Waals surface area contributed by atoms with Crippen LogP contribution in [0.25, 0.3) is 0 Å². The Hall–Kier alpha value is -0.610. The van der Waals surface area contributed by atoms with Gasteiger partial charge in [-0.05, 0) is 38.0 Å². The Kier molecular flexibility index (Phi) is 4.94. The fraction of sp³-hybridized carbons (Fsp3) is 0.938. The van der Waals surface area contributed by atoms with Gasteiger partial charge in [0, 0.05) is 38.6 Å². The van der Waals surface area contributed by atoms with Crippen molar-refractivity contribution in [2.24, 2.45) is 11.8 Å². The number of morpholine rings is 1. The first kappa shape index (κ1) is 14.3. The molecule has 0 radical (unpaired) electrons. The number of likely N-dealkylation sites (tertiary alicyclic amines) is 1. The van der Waals surface area contributed by atoms with E-state index in [2.05, 4.69) is 9.80 Å². The molecule has 2 aliphatic heterocycles. The molecule has 2 saturated heterocycles. The van der Waals surface area contributed by atoms with Crippen LogP contribution in [0.5, 0.6) is 0 Å². The first-order valence-corrected chi connectivity index (χ1v) is 8.42. The molecule has 2 heterocycles. The Balaban J connectivity index is 1.44. The average molecular weight is 280 g/mol. The second-order valence-corrected chi connectivity index (χ2v) is 6.66. The van der Waals surface area contributed by atoms with Gasteiger partial charge in [-0.3, -0.25) is 9.69 Å². The zero-order valence-electron chi connectivity index (χ0n) is 12.6. The van der Waals surface area contributed by atoms with Crippen LogP contribution in [0, 0.1) is 11.8 Å². The van der Waals surface area contributed by atoms with Crippen LogP contribution < -0.4 is 0 Å². The molecule has 4 heteroatoms. The molecule has 1 aliphatic carbocycles. The summed E-state index contributed by atoms with van der Waals surface area (Å²) in [6, 6.07) is 0. The van der Waals surface area contributed by atoms with Crippen molar-refractivity contribution in [3.8, 4) is 0 Å². The number of hydrogen-bond donors (Lipinski definition) is 0. The quantitative estimate of drug-likeness (QED) is 0.789. The van der Waals surface area contributed by atoms with Crippen molar-refractivity contribution in [2.45, 2.75) is 38.5 Å². The maximum Gasteiger partial charge on any atom is 0.225 e. The van der Waals surface area contributed by atoms with Crippen LogP contribution in [0.15, 0.2) is 0 Å². The lowest BCUT2D eigenvalue weighted by molar-refractivity contribution is -0.138. The van der Waals surface area contributed by atoms with E-state index in [1.54, 1.807) is 0 Å². The van der Waals surface area contributed by atoms with E-state index >= 15 is 0 Å². The third kappa shape index (κ3) is 3.53. The summed E-state index contributed by atoms with van der Waals surface area (Å²) in [5, 5.41) is 0. The number of carbonyl (C=O) groups excluding carboxylic acids is 1. The largest absolute Gasteiger partial charge is 0.379 e. The van der Waals surface area contributed by atoms with E-state index in [-0.39, 0.29) is 0 Å². The molecule has 1 unspecified atom stereocenters. The van der Waals surface area contributed by atoms with E-state index in [1.807, 2.05) is 0 Å². The summed E-state index contributed by atoms with van der Waals surface area (Å²) < 4.78 is 5.41. The van der Waals surface area contributed by atoms with Crippen LogP contribution in [-0.2, 0) is 9.53 Å². The Morgan fingerprint density at radius 3 is 2.45 bits per heavy atom. The summed E-state index contributed by atoms with van der Waals surface area (Å²) in [6.07, 6.45) is 7.18. The van der Waals surface area contributed by atoms with Gasteiger partial charge in [-0.25, -0.2) is 0 Å². The van der Waals surface area contributed by atoms with Gasteiger partial charge in [-0.1, -0.05) is 6.42 Å². The van der Waals surface area contributed by atoms with E-state index in [4.69, 9.17) is 4.74 Å². The minimum Gasteiger partial charge on any atom is -0.379 e. The molecule has 0 aromatic heterocycles. The molecule has 1 atom stereocenters. The highest BCUT2D eigenvalue weighted by atomic mass is 16.5. The third-order valence-electron chi connectivity index (χ3n) is 5.23. The van der Waals surface area contributed by atoms with Crippen LogP contribution in [0.3, 0.4) is 0 Å². The molecule has 114 valence electrons. The second-order valence-electron chi connectivity index (χ2n) is 6.66. The Morgan fingerprint density at radius 1 is 0.950 bits per heavy atom. The first-order chi connectivity index (χ1) is 9.83. The lowest BCUT2D eigenvalue weighted by atomic mass is 9.84. The van der Waals surface area contributed by atoms with E-state index in [9.17, 15) is 4.79 Å².